The molecular formula is C22H28N6O3. The molecule has 0 atom stereocenters. The molecule has 31 heavy (non-hydrogen) atoms. The molecule has 4 rings (SSSR count). The number of rotatable bonds is 6. The minimum atomic E-state index is -0.261. The van der Waals surface area contributed by atoms with Crippen LogP contribution in [0.1, 0.15) is 13.8 Å². The first-order chi connectivity index (χ1) is 15.1. The number of amides is 3. The number of ether oxygens (including phenoxy) is 1. The average Bonchev–Trinajstić information content (AvgIpc) is 2.81. The van der Waals surface area contributed by atoms with E-state index in [4.69, 9.17) is 4.74 Å². The highest BCUT2D eigenvalue weighted by Gasteiger charge is 2.36. The fourth-order valence-corrected chi connectivity index (χ4v) is 3.96. The molecule has 2 aliphatic rings. The maximum Gasteiger partial charge on any atom is 0.343 e. The summed E-state index contributed by atoms with van der Waals surface area (Å²) in [4.78, 5) is 34.0. The van der Waals surface area contributed by atoms with Crippen molar-refractivity contribution in [1.29, 1.82) is 0 Å². The summed E-state index contributed by atoms with van der Waals surface area (Å²) in [6, 6.07) is 11.1. The molecule has 2 aromatic rings. The van der Waals surface area contributed by atoms with Crippen LogP contribution in [0.2, 0.25) is 0 Å². The summed E-state index contributed by atoms with van der Waals surface area (Å²) in [5.74, 6) is 0.414. The van der Waals surface area contributed by atoms with E-state index in [0.29, 0.717) is 30.3 Å². The number of nitrogens with zero attached hydrogens (tertiary/aromatic N) is 5. The van der Waals surface area contributed by atoms with E-state index in [9.17, 15) is 9.59 Å². The van der Waals surface area contributed by atoms with Gasteiger partial charge in [-0.25, -0.2) is 14.8 Å². The lowest BCUT2D eigenvalue weighted by atomic mass is 10.2. The van der Waals surface area contributed by atoms with Crippen molar-refractivity contribution in [1.82, 2.24) is 9.99 Å². The normalized spacial score (nSPS) is 16.4. The standard InChI is InChI=1S/C22H28N6O3/c1-3-27-21-19(6-5-11-23-21)26(22(30)28(27)4-2)16-20(29)24-17-7-9-18(10-8-17)25-12-14-31-15-13-25/h5-11H,3-4,12-16H2,1-2H3,(H,24,29). The fourth-order valence-electron chi connectivity index (χ4n) is 3.96. The molecule has 1 aromatic heterocycles. The topological polar surface area (TPSA) is 81.2 Å². The Kier molecular flexibility index (Phi) is 6.22. The Morgan fingerprint density at radius 2 is 1.77 bits per heavy atom. The lowest BCUT2D eigenvalue weighted by molar-refractivity contribution is -0.114. The maximum atomic E-state index is 13.1. The van der Waals surface area contributed by atoms with E-state index in [2.05, 4.69) is 15.2 Å². The monoisotopic (exact) mass is 424 g/mol. The molecule has 1 fully saturated rings. The van der Waals surface area contributed by atoms with Crippen molar-refractivity contribution in [2.75, 3.05) is 66.1 Å². The number of nitrogens with one attached hydrogen (secondary N) is 1. The van der Waals surface area contributed by atoms with Crippen molar-refractivity contribution in [2.24, 2.45) is 0 Å². The molecule has 1 N–H and O–H groups in total. The molecule has 0 unspecified atom stereocenters. The highest BCUT2D eigenvalue weighted by Crippen LogP contribution is 2.33. The first-order valence-electron chi connectivity index (χ1n) is 10.7. The van der Waals surface area contributed by atoms with Gasteiger partial charge in [0.05, 0.1) is 18.9 Å². The molecule has 1 saturated heterocycles. The molecular weight excluding hydrogens is 396 g/mol. The predicted octanol–water partition coefficient (Wildman–Crippen LogP) is 2.56. The van der Waals surface area contributed by atoms with Crippen LogP contribution >= 0.6 is 0 Å². The van der Waals surface area contributed by atoms with Gasteiger partial charge in [0.15, 0.2) is 5.82 Å². The van der Waals surface area contributed by atoms with Gasteiger partial charge >= 0.3 is 6.03 Å². The van der Waals surface area contributed by atoms with Gasteiger partial charge in [-0.1, -0.05) is 0 Å². The van der Waals surface area contributed by atoms with E-state index in [1.54, 1.807) is 17.3 Å². The van der Waals surface area contributed by atoms with Gasteiger partial charge in [0.25, 0.3) is 0 Å². The van der Waals surface area contributed by atoms with Gasteiger partial charge in [-0.05, 0) is 50.2 Å². The first kappa shape index (κ1) is 20.9. The van der Waals surface area contributed by atoms with E-state index in [1.165, 1.54) is 4.90 Å². The van der Waals surface area contributed by atoms with E-state index < -0.39 is 0 Å². The van der Waals surface area contributed by atoms with Crippen LogP contribution < -0.4 is 20.1 Å². The number of anilines is 4. The number of morpholine rings is 1. The third-order valence-corrected chi connectivity index (χ3v) is 5.47. The molecule has 9 nitrogen and oxygen atoms in total. The van der Waals surface area contributed by atoms with E-state index in [-0.39, 0.29) is 18.5 Å². The second kappa shape index (κ2) is 9.22. The van der Waals surface area contributed by atoms with Crippen molar-refractivity contribution in [3.8, 4) is 0 Å². The average molecular weight is 425 g/mol. The zero-order valence-corrected chi connectivity index (χ0v) is 18.0. The second-order valence-corrected chi connectivity index (χ2v) is 7.34. The van der Waals surface area contributed by atoms with Gasteiger partial charge in [-0.3, -0.25) is 14.7 Å². The number of aromatic nitrogens is 1. The molecule has 3 heterocycles. The molecule has 2 aliphatic heterocycles. The second-order valence-electron chi connectivity index (χ2n) is 7.34. The summed E-state index contributed by atoms with van der Waals surface area (Å²) in [7, 11) is 0. The van der Waals surface area contributed by atoms with Crippen LogP contribution in [0.15, 0.2) is 42.6 Å². The number of hydrazine groups is 1. The first-order valence-corrected chi connectivity index (χ1v) is 10.7. The quantitative estimate of drug-likeness (QED) is 0.768. The minimum absolute atomic E-state index is 0.0865. The number of urea groups is 1. The molecule has 0 saturated carbocycles. The molecule has 0 bridgehead atoms. The van der Waals surface area contributed by atoms with Crippen LogP contribution in [0, 0.1) is 0 Å². The number of carbonyl (C=O) groups is 2. The zero-order chi connectivity index (χ0) is 21.8. The Morgan fingerprint density at radius 3 is 2.45 bits per heavy atom. The number of fused-ring (bicyclic) bond motifs is 1. The van der Waals surface area contributed by atoms with Gasteiger partial charge in [-0.15, -0.1) is 0 Å². The lowest BCUT2D eigenvalue weighted by Gasteiger charge is -2.43. The number of carbonyl (C=O) groups excluding carboxylic acids is 2. The highest BCUT2D eigenvalue weighted by molar-refractivity contribution is 6.05. The summed E-state index contributed by atoms with van der Waals surface area (Å²) in [6.07, 6.45) is 1.69. The van der Waals surface area contributed by atoms with Crippen LogP contribution in [0.25, 0.3) is 0 Å². The van der Waals surface area contributed by atoms with Crippen molar-refractivity contribution >= 4 is 34.8 Å². The molecule has 164 valence electrons. The molecule has 9 heteroatoms. The van der Waals surface area contributed by atoms with E-state index in [0.717, 1.165) is 32.0 Å². The third kappa shape index (κ3) is 4.27. The predicted molar refractivity (Wildman–Crippen MR) is 120 cm³/mol. The van der Waals surface area contributed by atoms with Gasteiger partial charge < -0.3 is 15.0 Å². The number of benzene rings is 1. The number of pyridine rings is 1. The molecule has 0 aliphatic carbocycles. The third-order valence-electron chi connectivity index (χ3n) is 5.47. The van der Waals surface area contributed by atoms with Crippen molar-refractivity contribution in [3.63, 3.8) is 0 Å². The summed E-state index contributed by atoms with van der Waals surface area (Å²) < 4.78 is 5.39. The van der Waals surface area contributed by atoms with Crippen LogP contribution in [0.5, 0.6) is 0 Å². The Hall–Kier alpha value is -3.33. The number of hydrogen-bond donors (Lipinski definition) is 1. The molecule has 3 amide bonds. The van der Waals surface area contributed by atoms with Gasteiger partial charge in [0.1, 0.15) is 6.54 Å². The zero-order valence-electron chi connectivity index (χ0n) is 18.0. The van der Waals surface area contributed by atoms with Crippen LogP contribution in [0.3, 0.4) is 0 Å². The SMILES string of the molecule is CCN1C(=O)N(CC(=O)Nc2ccc(N3CCOCC3)cc2)c2cccnc2N1CC. The lowest BCUT2D eigenvalue weighted by Crippen LogP contribution is -2.58. The van der Waals surface area contributed by atoms with Crippen molar-refractivity contribution in [3.05, 3.63) is 42.6 Å². The largest absolute Gasteiger partial charge is 0.378 e. The van der Waals surface area contributed by atoms with Crippen LogP contribution in [-0.2, 0) is 9.53 Å². The summed E-state index contributed by atoms with van der Waals surface area (Å²) >= 11 is 0. The fraction of sp³-hybridized carbons (Fsp3) is 0.409. The molecule has 1 aromatic carbocycles. The highest BCUT2D eigenvalue weighted by atomic mass is 16.5. The van der Waals surface area contributed by atoms with Crippen LogP contribution in [-0.4, -0.2) is 67.9 Å². The van der Waals surface area contributed by atoms with Crippen molar-refractivity contribution < 1.29 is 14.3 Å². The Morgan fingerprint density at radius 1 is 1.06 bits per heavy atom. The smallest absolute Gasteiger partial charge is 0.343 e. The summed E-state index contributed by atoms with van der Waals surface area (Å²) in [6.45, 7) is 8.06. The summed E-state index contributed by atoms with van der Waals surface area (Å²) in [5, 5.41) is 6.35. The van der Waals surface area contributed by atoms with Crippen LogP contribution in [0.4, 0.5) is 27.7 Å². The van der Waals surface area contributed by atoms with E-state index >= 15 is 0 Å². The maximum absolute atomic E-state index is 13.1. The molecule has 0 spiro atoms. The van der Waals surface area contributed by atoms with Gasteiger partial charge in [0.2, 0.25) is 5.91 Å². The minimum Gasteiger partial charge on any atom is -0.378 e. The molecule has 0 radical (unpaired) electrons. The van der Waals surface area contributed by atoms with Gasteiger partial charge in [0, 0.05) is 43.8 Å². The summed E-state index contributed by atoms with van der Waals surface area (Å²) in [5.41, 5.74) is 2.43. The van der Waals surface area contributed by atoms with Crippen molar-refractivity contribution in [2.45, 2.75) is 13.8 Å². The Balaban J connectivity index is 1.47. The Bertz CT molecular complexity index is 929. The van der Waals surface area contributed by atoms with E-state index in [1.807, 2.05) is 49.2 Å². The number of hydrogen-bond acceptors (Lipinski definition) is 6. The van der Waals surface area contributed by atoms with Gasteiger partial charge in [-0.2, -0.15) is 0 Å². The Labute approximate surface area is 182 Å².